The van der Waals surface area contributed by atoms with Crippen molar-refractivity contribution < 1.29 is 19.1 Å². The van der Waals surface area contributed by atoms with Crippen LogP contribution in [0.3, 0.4) is 0 Å². The van der Waals surface area contributed by atoms with Crippen LogP contribution in [0, 0.1) is 11.8 Å². The van der Waals surface area contributed by atoms with Crippen molar-refractivity contribution >= 4 is 11.8 Å². The fourth-order valence-corrected chi connectivity index (χ4v) is 3.29. The van der Waals surface area contributed by atoms with E-state index in [0.29, 0.717) is 5.92 Å². The van der Waals surface area contributed by atoms with Crippen molar-refractivity contribution in [1.82, 2.24) is 15.1 Å². The van der Waals surface area contributed by atoms with Crippen LogP contribution in [0.5, 0.6) is 0 Å². The monoisotopic (exact) mass is 518 g/mol. The Morgan fingerprint density at radius 3 is 1.78 bits per heavy atom. The molecule has 1 unspecified atom stereocenters. The molecule has 0 saturated carbocycles. The Morgan fingerprint density at radius 2 is 1.42 bits per heavy atom. The lowest BCUT2D eigenvalue weighted by molar-refractivity contribution is -0.121. The second-order valence-electron chi connectivity index (χ2n) is 9.87. The number of hydrogen-bond acceptors (Lipinski definition) is 6. The summed E-state index contributed by atoms with van der Waals surface area (Å²) in [4.78, 5) is 26.0. The van der Waals surface area contributed by atoms with Gasteiger partial charge in [-0.3, -0.25) is 19.4 Å². The van der Waals surface area contributed by atoms with Crippen molar-refractivity contribution in [3.8, 4) is 0 Å². The minimum Gasteiger partial charge on any atom is -0.379 e. The second kappa shape index (κ2) is 24.1. The van der Waals surface area contributed by atoms with Gasteiger partial charge in [0.2, 0.25) is 11.8 Å². The highest BCUT2D eigenvalue weighted by atomic mass is 16.5. The first-order valence-corrected chi connectivity index (χ1v) is 14.1. The van der Waals surface area contributed by atoms with E-state index < -0.39 is 0 Å². The van der Waals surface area contributed by atoms with Crippen LogP contribution in [-0.2, 0) is 19.1 Å². The second-order valence-corrected chi connectivity index (χ2v) is 9.87. The standard InChI is InChI=1S/C13H26N2O2.C7H15NO.C4H9NO.2C2H6/c1-10(2)12(14-11(3)16)8-15-6-7-17-9-13(15,4)5;1-2-3-8-4-6-9-7-5-8;1-3(2)4(5)6;2*1-2/h10,12H,6-9H2,1-5H3,(H,14,16);2-7H2,1H3;3H,1-2H3,(H2,5,6);2*1-2H3. The molecule has 218 valence electrons. The van der Waals surface area contributed by atoms with Crippen molar-refractivity contribution in [3.05, 3.63) is 0 Å². The smallest absolute Gasteiger partial charge is 0.219 e. The lowest BCUT2D eigenvalue weighted by Gasteiger charge is -2.44. The molecule has 0 spiro atoms. The molecule has 0 aromatic carbocycles. The van der Waals surface area contributed by atoms with Crippen LogP contribution in [0.1, 0.15) is 89.5 Å². The first-order valence-electron chi connectivity index (χ1n) is 14.1. The molecule has 2 amide bonds. The topological polar surface area (TPSA) is 97.1 Å². The molecule has 0 radical (unpaired) electrons. The van der Waals surface area contributed by atoms with Crippen LogP contribution in [-0.4, -0.2) is 92.3 Å². The Bertz CT molecular complexity index is 519. The number of carbonyl (C=O) groups is 2. The molecule has 0 aromatic heterocycles. The summed E-state index contributed by atoms with van der Waals surface area (Å²) < 4.78 is 10.7. The SMILES string of the molecule is CC.CC.CC(=O)NC(CN1CCOCC1(C)C)C(C)C.CC(C)C(N)=O.CCCN1CCOCC1. The fraction of sp³-hybridized carbons (Fsp3) is 0.929. The van der Waals surface area contributed by atoms with Gasteiger partial charge < -0.3 is 20.5 Å². The number of nitrogens with two attached hydrogens (primary N) is 1. The van der Waals surface area contributed by atoms with Gasteiger partial charge in [-0.15, -0.1) is 0 Å². The first-order chi connectivity index (χ1) is 16.9. The molecule has 2 fully saturated rings. The summed E-state index contributed by atoms with van der Waals surface area (Å²) in [7, 11) is 0. The molecule has 2 rings (SSSR count). The van der Waals surface area contributed by atoms with Gasteiger partial charge in [0, 0.05) is 50.6 Å². The van der Waals surface area contributed by atoms with E-state index in [1.165, 1.54) is 13.0 Å². The minimum atomic E-state index is -0.241. The number of amides is 2. The predicted molar refractivity (Wildman–Crippen MR) is 153 cm³/mol. The molecule has 0 aliphatic carbocycles. The Kier molecular flexibility index (Phi) is 26.3. The van der Waals surface area contributed by atoms with Crippen LogP contribution in [0.2, 0.25) is 0 Å². The van der Waals surface area contributed by atoms with E-state index in [9.17, 15) is 9.59 Å². The van der Waals surface area contributed by atoms with Gasteiger partial charge in [-0.25, -0.2) is 0 Å². The Balaban J connectivity index is -0.000000480. The molecule has 2 heterocycles. The van der Waals surface area contributed by atoms with E-state index in [-0.39, 0.29) is 29.3 Å². The van der Waals surface area contributed by atoms with Crippen molar-refractivity contribution in [1.29, 1.82) is 0 Å². The summed E-state index contributed by atoms with van der Waals surface area (Å²) in [6.45, 7) is 32.8. The number of hydrogen-bond donors (Lipinski definition) is 2. The lowest BCUT2D eigenvalue weighted by Crippen LogP contribution is -2.58. The van der Waals surface area contributed by atoms with Crippen molar-refractivity contribution in [3.63, 3.8) is 0 Å². The third-order valence-electron chi connectivity index (χ3n) is 5.64. The first kappa shape index (κ1) is 39.3. The number of ether oxygens (including phenoxy) is 2. The number of nitrogens with zero attached hydrogens (tertiary/aromatic N) is 2. The van der Waals surface area contributed by atoms with Gasteiger partial charge in [0.15, 0.2) is 0 Å². The van der Waals surface area contributed by atoms with E-state index in [1.54, 1.807) is 20.8 Å². The van der Waals surface area contributed by atoms with Gasteiger partial charge in [-0.2, -0.15) is 0 Å². The Hall–Kier alpha value is -1.22. The van der Waals surface area contributed by atoms with Crippen molar-refractivity contribution in [2.24, 2.45) is 17.6 Å². The molecule has 36 heavy (non-hydrogen) atoms. The normalized spacial score (nSPS) is 18.1. The molecular weight excluding hydrogens is 456 g/mol. The highest BCUT2D eigenvalue weighted by Gasteiger charge is 2.32. The van der Waals surface area contributed by atoms with Gasteiger partial charge in [-0.05, 0) is 32.7 Å². The Morgan fingerprint density at radius 1 is 0.944 bits per heavy atom. The van der Waals surface area contributed by atoms with Crippen LogP contribution >= 0.6 is 0 Å². The zero-order valence-electron chi connectivity index (χ0n) is 25.9. The van der Waals surface area contributed by atoms with E-state index in [4.69, 9.17) is 15.2 Å². The van der Waals surface area contributed by atoms with E-state index in [0.717, 1.165) is 52.6 Å². The molecule has 8 heteroatoms. The molecule has 0 bridgehead atoms. The van der Waals surface area contributed by atoms with Gasteiger partial charge in [0.05, 0.1) is 26.4 Å². The molecule has 1 atom stereocenters. The zero-order chi connectivity index (χ0) is 28.7. The van der Waals surface area contributed by atoms with E-state index in [2.05, 4.69) is 49.7 Å². The number of rotatable bonds is 7. The van der Waals surface area contributed by atoms with Crippen LogP contribution in [0.25, 0.3) is 0 Å². The maximum absolute atomic E-state index is 11.2. The summed E-state index contributed by atoms with van der Waals surface area (Å²) in [6.07, 6.45) is 1.26. The highest BCUT2D eigenvalue weighted by Crippen LogP contribution is 2.20. The summed E-state index contributed by atoms with van der Waals surface area (Å²) in [5.74, 6) is 0.243. The molecular formula is C28H62N4O4. The molecule has 2 aliphatic rings. The van der Waals surface area contributed by atoms with Crippen LogP contribution in [0.4, 0.5) is 0 Å². The Labute approximate surface area is 224 Å². The van der Waals surface area contributed by atoms with Gasteiger partial charge in [0.1, 0.15) is 0 Å². The van der Waals surface area contributed by atoms with Gasteiger partial charge >= 0.3 is 0 Å². The summed E-state index contributed by atoms with van der Waals surface area (Å²) in [6, 6.07) is 0.213. The van der Waals surface area contributed by atoms with Crippen LogP contribution in [0.15, 0.2) is 0 Å². The third-order valence-corrected chi connectivity index (χ3v) is 5.64. The predicted octanol–water partition coefficient (Wildman–Crippen LogP) is 4.17. The number of nitrogens with one attached hydrogen (secondary N) is 1. The highest BCUT2D eigenvalue weighted by molar-refractivity contribution is 5.75. The lowest BCUT2D eigenvalue weighted by atomic mass is 9.98. The molecule has 3 N–H and O–H groups in total. The summed E-state index contributed by atoms with van der Waals surface area (Å²) in [5.41, 5.74) is 4.86. The number of morpholine rings is 2. The average Bonchev–Trinajstić information content (AvgIpc) is 2.83. The van der Waals surface area contributed by atoms with E-state index >= 15 is 0 Å². The van der Waals surface area contributed by atoms with Crippen molar-refractivity contribution in [2.45, 2.75) is 101 Å². The molecule has 8 nitrogen and oxygen atoms in total. The zero-order valence-corrected chi connectivity index (χ0v) is 25.9. The van der Waals surface area contributed by atoms with Gasteiger partial charge in [-0.1, -0.05) is 62.3 Å². The number of carbonyl (C=O) groups excluding carboxylic acids is 2. The third kappa shape index (κ3) is 20.9. The maximum Gasteiger partial charge on any atom is 0.219 e. The summed E-state index contributed by atoms with van der Waals surface area (Å²) in [5, 5.41) is 3.04. The van der Waals surface area contributed by atoms with Crippen LogP contribution < -0.4 is 11.1 Å². The molecule has 2 aliphatic heterocycles. The average molecular weight is 519 g/mol. The maximum atomic E-state index is 11.2. The largest absolute Gasteiger partial charge is 0.379 e. The minimum absolute atomic E-state index is 0.00926. The number of primary amides is 1. The van der Waals surface area contributed by atoms with Gasteiger partial charge in [0.25, 0.3) is 0 Å². The van der Waals surface area contributed by atoms with E-state index in [1.807, 2.05) is 27.7 Å². The summed E-state index contributed by atoms with van der Waals surface area (Å²) >= 11 is 0. The van der Waals surface area contributed by atoms with Crippen molar-refractivity contribution in [2.75, 3.05) is 59.2 Å². The fourth-order valence-electron chi connectivity index (χ4n) is 3.29. The molecule has 2 saturated heterocycles. The molecule has 0 aromatic rings. The quantitative estimate of drug-likeness (QED) is 0.525.